The van der Waals surface area contributed by atoms with Gasteiger partial charge < -0.3 is 11.1 Å². The van der Waals surface area contributed by atoms with Crippen molar-refractivity contribution in [2.45, 2.75) is 43.5 Å². The van der Waals surface area contributed by atoms with E-state index in [1.807, 2.05) is 38.1 Å². The molecule has 5 nitrogen and oxygen atoms in total. The van der Waals surface area contributed by atoms with Crippen molar-refractivity contribution >= 4 is 29.3 Å². The molecule has 6 heteroatoms. The Balaban J connectivity index is 1.96. The molecule has 0 heterocycles. The van der Waals surface area contributed by atoms with Crippen LogP contribution in [0.15, 0.2) is 52.3 Å². The predicted molar refractivity (Wildman–Crippen MR) is 111 cm³/mol. The highest BCUT2D eigenvalue weighted by molar-refractivity contribution is 7.99. The molecule has 144 valence electrons. The second kappa shape index (κ2) is 9.58. The zero-order valence-electron chi connectivity index (χ0n) is 16.3. The Hall–Kier alpha value is -2.31. The Morgan fingerprint density at radius 2 is 1.74 bits per heavy atom. The first-order valence-electron chi connectivity index (χ1n) is 8.92. The molecule has 0 aliphatic rings. The van der Waals surface area contributed by atoms with Gasteiger partial charge in [0, 0.05) is 21.5 Å². The predicted octanol–water partition coefficient (Wildman–Crippen LogP) is 3.59. The molecule has 2 aromatic rings. The van der Waals surface area contributed by atoms with E-state index < -0.39 is 5.91 Å². The highest BCUT2D eigenvalue weighted by Gasteiger charge is 2.16. The molecule has 3 N–H and O–H groups in total. The van der Waals surface area contributed by atoms with Gasteiger partial charge in [0.05, 0.1) is 13.1 Å². The maximum Gasteiger partial charge on any atom is 0.238 e. The van der Waals surface area contributed by atoms with Crippen LogP contribution in [-0.4, -0.2) is 35.8 Å². The molecule has 0 aromatic heterocycles. The minimum atomic E-state index is -0.440. The fourth-order valence-corrected chi connectivity index (χ4v) is 3.54. The number of nitrogens with one attached hydrogen (secondary N) is 1. The lowest BCUT2D eigenvalue weighted by Crippen LogP contribution is -2.43. The first kappa shape index (κ1) is 21.0. The normalized spacial score (nSPS) is 11.0. The lowest BCUT2D eigenvalue weighted by Gasteiger charge is -2.24. The minimum Gasteiger partial charge on any atom is -0.369 e. The van der Waals surface area contributed by atoms with Crippen molar-refractivity contribution < 1.29 is 9.59 Å². The van der Waals surface area contributed by atoms with Gasteiger partial charge in [0.1, 0.15) is 0 Å². The van der Waals surface area contributed by atoms with Crippen LogP contribution in [0.4, 0.5) is 5.69 Å². The maximum absolute atomic E-state index is 12.3. The number of carbonyl (C=O) groups excluding carboxylic acids is 2. The van der Waals surface area contributed by atoms with Gasteiger partial charge >= 0.3 is 0 Å². The van der Waals surface area contributed by atoms with Gasteiger partial charge in [-0.15, -0.1) is 0 Å². The topological polar surface area (TPSA) is 75.4 Å². The van der Waals surface area contributed by atoms with Gasteiger partial charge in [-0.05, 0) is 63.6 Å². The summed E-state index contributed by atoms with van der Waals surface area (Å²) in [6, 6.07) is 14.2. The van der Waals surface area contributed by atoms with Crippen molar-refractivity contribution in [1.29, 1.82) is 0 Å². The number of nitrogens with zero attached hydrogens (tertiary/aromatic N) is 1. The summed E-state index contributed by atoms with van der Waals surface area (Å²) < 4.78 is 0. The van der Waals surface area contributed by atoms with E-state index in [4.69, 9.17) is 5.73 Å². The number of aryl methyl sites for hydroxylation is 2. The number of nitrogens with two attached hydrogens (primary N) is 1. The molecule has 0 radical (unpaired) electrons. The molecule has 0 fully saturated rings. The van der Waals surface area contributed by atoms with E-state index in [2.05, 4.69) is 37.4 Å². The van der Waals surface area contributed by atoms with E-state index in [0.29, 0.717) is 0 Å². The zero-order chi connectivity index (χ0) is 20.0. The van der Waals surface area contributed by atoms with Crippen LogP contribution in [0, 0.1) is 13.8 Å². The molecule has 2 rings (SSSR count). The van der Waals surface area contributed by atoms with Gasteiger partial charge in [-0.3, -0.25) is 14.5 Å². The Morgan fingerprint density at radius 3 is 2.30 bits per heavy atom. The van der Waals surface area contributed by atoms with Crippen LogP contribution in [0.1, 0.15) is 25.0 Å². The van der Waals surface area contributed by atoms with Gasteiger partial charge in [-0.2, -0.15) is 0 Å². The van der Waals surface area contributed by atoms with Crippen LogP contribution in [0.3, 0.4) is 0 Å². The third-order valence-electron chi connectivity index (χ3n) is 4.13. The number of hydrogen-bond acceptors (Lipinski definition) is 4. The van der Waals surface area contributed by atoms with Crippen LogP contribution in [0.2, 0.25) is 0 Å². The SMILES string of the molecule is Cc1ccc(Sc2ccc(NC(=O)CN(CC(N)=O)C(C)C)cc2)c(C)c1. The number of benzene rings is 2. The third-order valence-corrected chi connectivity index (χ3v) is 5.32. The number of carbonyl (C=O) groups is 2. The third kappa shape index (κ3) is 6.73. The molecular weight excluding hydrogens is 358 g/mol. The van der Waals surface area contributed by atoms with Crippen molar-refractivity contribution in [3.8, 4) is 0 Å². The highest BCUT2D eigenvalue weighted by atomic mass is 32.2. The van der Waals surface area contributed by atoms with E-state index >= 15 is 0 Å². The second-order valence-corrected chi connectivity index (χ2v) is 8.02. The van der Waals surface area contributed by atoms with Crippen molar-refractivity contribution in [3.05, 3.63) is 53.6 Å². The molecule has 2 amide bonds. The van der Waals surface area contributed by atoms with Gasteiger partial charge in [0.2, 0.25) is 11.8 Å². The fraction of sp³-hybridized carbons (Fsp3) is 0.333. The van der Waals surface area contributed by atoms with Gasteiger partial charge in [-0.1, -0.05) is 29.5 Å². The van der Waals surface area contributed by atoms with E-state index in [1.165, 1.54) is 16.0 Å². The summed E-state index contributed by atoms with van der Waals surface area (Å²) in [5, 5.41) is 2.87. The monoisotopic (exact) mass is 385 g/mol. The summed E-state index contributed by atoms with van der Waals surface area (Å²) in [6.07, 6.45) is 0. The Labute approximate surface area is 165 Å². The Morgan fingerprint density at radius 1 is 1.07 bits per heavy atom. The van der Waals surface area contributed by atoms with Crippen LogP contribution in [-0.2, 0) is 9.59 Å². The molecule has 2 aromatic carbocycles. The molecule has 0 aliphatic heterocycles. The number of anilines is 1. The van der Waals surface area contributed by atoms with Crippen molar-refractivity contribution in [1.82, 2.24) is 4.90 Å². The molecule has 0 atom stereocenters. The molecule has 0 aliphatic carbocycles. The Kier molecular flexibility index (Phi) is 7.45. The van der Waals surface area contributed by atoms with Crippen molar-refractivity contribution in [2.75, 3.05) is 18.4 Å². The Bertz CT molecular complexity index is 804. The number of primary amides is 1. The average molecular weight is 386 g/mol. The van der Waals surface area contributed by atoms with E-state index in [-0.39, 0.29) is 25.0 Å². The molecule has 0 unspecified atom stereocenters. The first-order valence-corrected chi connectivity index (χ1v) is 9.73. The first-order chi connectivity index (χ1) is 12.7. The van der Waals surface area contributed by atoms with Crippen molar-refractivity contribution in [3.63, 3.8) is 0 Å². The number of hydrogen-bond donors (Lipinski definition) is 2. The number of rotatable bonds is 8. The maximum atomic E-state index is 12.3. The molecule has 0 saturated carbocycles. The lowest BCUT2D eigenvalue weighted by molar-refractivity contribution is -0.121. The summed E-state index contributed by atoms with van der Waals surface area (Å²) in [6.45, 7) is 8.24. The van der Waals surface area contributed by atoms with Gasteiger partial charge in [0.25, 0.3) is 0 Å². The van der Waals surface area contributed by atoms with Crippen LogP contribution in [0.5, 0.6) is 0 Å². The summed E-state index contributed by atoms with van der Waals surface area (Å²) in [5.74, 6) is -0.607. The quantitative estimate of drug-likeness (QED) is 0.728. The fourth-order valence-electron chi connectivity index (χ4n) is 2.65. The molecule has 0 spiro atoms. The van der Waals surface area contributed by atoms with Gasteiger partial charge in [-0.25, -0.2) is 0 Å². The summed E-state index contributed by atoms with van der Waals surface area (Å²) >= 11 is 1.70. The summed E-state index contributed by atoms with van der Waals surface area (Å²) in [5.41, 5.74) is 8.48. The van der Waals surface area contributed by atoms with E-state index in [9.17, 15) is 9.59 Å². The second-order valence-electron chi connectivity index (χ2n) is 6.91. The molecule has 0 saturated heterocycles. The standard InChI is InChI=1S/C21H27N3O2S/c1-14(2)24(12-20(22)25)13-21(26)23-17-6-8-18(9-7-17)27-19-10-5-15(3)11-16(19)4/h5-11,14H,12-13H2,1-4H3,(H2,22,25)(H,23,26). The van der Waals surface area contributed by atoms with Crippen LogP contribution in [0.25, 0.3) is 0 Å². The van der Waals surface area contributed by atoms with E-state index in [0.717, 1.165) is 10.6 Å². The lowest BCUT2D eigenvalue weighted by atomic mass is 10.2. The summed E-state index contributed by atoms with van der Waals surface area (Å²) in [4.78, 5) is 27.4. The smallest absolute Gasteiger partial charge is 0.238 e. The highest BCUT2D eigenvalue weighted by Crippen LogP contribution is 2.31. The van der Waals surface area contributed by atoms with Gasteiger partial charge in [0.15, 0.2) is 0 Å². The van der Waals surface area contributed by atoms with E-state index in [1.54, 1.807) is 16.7 Å². The average Bonchev–Trinajstić information content (AvgIpc) is 2.58. The number of amides is 2. The van der Waals surface area contributed by atoms with Crippen LogP contribution < -0.4 is 11.1 Å². The minimum absolute atomic E-state index is 0.0553. The molecular formula is C21H27N3O2S. The van der Waals surface area contributed by atoms with Crippen LogP contribution >= 0.6 is 11.8 Å². The molecule has 27 heavy (non-hydrogen) atoms. The largest absolute Gasteiger partial charge is 0.369 e. The van der Waals surface area contributed by atoms with Crippen molar-refractivity contribution in [2.24, 2.45) is 5.73 Å². The zero-order valence-corrected chi connectivity index (χ0v) is 17.1. The summed E-state index contributed by atoms with van der Waals surface area (Å²) in [7, 11) is 0. The molecule has 0 bridgehead atoms.